The number of hydrogen-bond donors (Lipinski definition) is 2. The first-order chi connectivity index (χ1) is 9.78. The molecule has 6 heteroatoms. The molecule has 0 unspecified atom stereocenters. The third kappa shape index (κ3) is 3.98. The van der Waals surface area contributed by atoms with E-state index in [2.05, 4.69) is 0 Å². The summed E-state index contributed by atoms with van der Waals surface area (Å²) >= 11 is 0. The maximum Gasteiger partial charge on any atom is 0.488 e. The van der Waals surface area contributed by atoms with Crippen LogP contribution in [0.1, 0.15) is 45.2 Å². The summed E-state index contributed by atoms with van der Waals surface area (Å²) in [4.78, 5) is 14.0. The van der Waals surface area contributed by atoms with Crippen LogP contribution in [0.25, 0.3) is 0 Å². The highest BCUT2D eigenvalue weighted by molar-refractivity contribution is 6.58. The molecule has 1 atom stereocenters. The fourth-order valence-corrected chi connectivity index (χ4v) is 2.54. The minimum atomic E-state index is -1.47. The average Bonchev–Trinajstić information content (AvgIpc) is 2.86. The summed E-state index contributed by atoms with van der Waals surface area (Å²) in [6, 6.07) is 7.01. The van der Waals surface area contributed by atoms with Gasteiger partial charge in [-0.3, -0.25) is 0 Å². The van der Waals surface area contributed by atoms with E-state index in [1.54, 1.807) is 17.0 Å². The van der Waals surface area contributed by atoms with Crippen molar-refractivity contribution < 1.29 is 19.6 Å². The summed E-state index contributed by atoms with van der Waals surface area (Å²) in [7, 11) is -1.47. The van der Waals surface area contributed by atoms with Gasteiger partial charge in [0.05, 0.1) is 6.04 Å². The normalized spacial score (nSPS) is 18.7. The second-order valence-corrected chi connectivity index (χ2v) is 6.37. The van der Waals surface area contributed by atoms with Crippen LogP contribution in [0.2, 0.25) is 0 Å². The van der Waals surface area contributed by atoms with E-state index < -0.39 is 12.7 Å². The van der Waals surface area contributed by atoms with Crippen LogP contribution in [0.5, 0.6) is 0 Å². The van der Waals surface area contributed by atoms with E-state index in [9.17, 15) is 4.79 Å². The van der Waals surface area contributed by atoms with E-state index in [0.29, 0.717) is 12.0 Å². The van der Waals surface area contributed by atoms with Crippen LogP contribution >= 0.6 is 0 Å². The molecule has 1 heterocycles. The molecule has 114 valence electrons. The number of amides is 1. The van der Waals surface area contributed by atoms with Crippen LogP contribution in [0.15, 0.2) is 24.3 Å². The SMILES string of the molecule is CC(C)(C)OC(=O)N1CCC[C@@H]1c1ccc(B(O)O)cc1. The number of carbonyl (C=O) groups is 1. The molecule has 1 aromatic rings. The lowest BCUT2D eigenvalue weighted by Crippen LogP contribution is -2.36. The van der Waals surface area contributed by atoms with Crippen LogP contribution in [-0.2, 0) is 4.74 Å². The minimum Gasteiger partial charge on any atom is -0.444 e. The number of likely N-dealkylation sites (tertiary alicyclic amines) is 1. The first-order valence-corrected chi connectivity index (χ1v) is 7.23. The first-order valence-electron chi connectivity index (χ1n) is 7.23. The van der Waals surface area contributed by atoms with Gasteiger partial charge in [-0.15, -0.1) is 0 Å². The molecule has 1 amide bonds. The summed E-state index contributed by atoms with van der Waals surface area (Å²) in [5, 5.41) is 18.2. The van der Waals surface area contributed by atoms with Gasteiger partial charge in [-0.2, -0.15) is 0 Å². The van der Waals surface area contributed by atoms with E-state index in [4.69, 9.17) is 14.8 Å². The van der Waals surface area contributed by atoms with Crippen molar-refractivity contribution in [2.24, 2.45) is 0 Å². The molecule has 1 aliphatic heterocycles. The van der Waals surface area contributed by atoms with Crippen molar-refractivity contribution >= 4 is 18.7 Å². The molecule has 1 fully saturated rings. The third-order valence-electron chi connectivity index (χ3n) is 3.50. The van der Waals surface area contributed by atoms with Gasteiger partial charge >= 0.3 is 13.2 Å². The number of nitrogens with zero attached hydrogens (tertiary/aromatic N) is 1. The van der Waals surface area contributed by atoms with E-state index in [1.165, 1.54) is 0 Å². The number of hydrogen-bond acceptors (Lipinski definition) is 4. The zero-order chi connectivity index (χ0) is 15.6. The predicted octanol–water partition coefficient (Wildman–Crippen LogP) is 1.44. The minimum absolute atomic E-state index is 0.00950. The van der Waals surface area contributed by atoms with E-state index in [1.807, 2.05) is 32.9 Å². The predicted molar refractivity (Wildman–Crippen MR) is 81.2 cm³/mol. The molecule has 1 aromatic carbocycles. The second kappa shape index (κ2) is 6.07. The Bertz CT molecular complexity index is 495. The van der Waals surface area contributed by atoms with Crippen LogP contribution in [0, 0.1) is 0 Å². The Balaban J connectivity index is 2.13. The number of benzene rings is 1. The van der Waals surface area contributed by atoms with Crippen molar-refractivity contribution in [1.82, 2.24) is 4.90 Å². The zero-order valence-electron chi connectivity index (χ0n) is 12.7. The fraction of sp³-hybridized carbons (Fsp3) is 0.533. The highest BCUT2D eigenvalue weighted by Crippen LogP contribution is 2.32. The number of rotatable bonds is 2. The average molecular weight is 291 g/mol. The Hall–Kier alpha value is -1.53. The van der Waals surface area contributed by atoms with Crippen LogP contribution in [0.4, 0.5) is 4.79 Å². The molecule has 21 heavy (non-hydrogen) atoms. The van der Waals surface area contributed by atoms with Gasteiger partial charge in [0, 0.05) is 6.54 Å². The Morgan fingerprint density at radius 1 is 1.29 bits per heavy atom. The fourth-order valence-electron chi connectivity index (χ4n) is 2.54. The highest BCUT2D eigenvalue weighted by Gasteiger charge is 2.33. The summed E-state index contributed by atoms with van der Waals surface area (Å²) in [5.74, 6) is 0. The number of ether oxygens (including phenoxy) is 1. The molecule has 1 saturated heterocycles. The van der Waals surface area contributed by atoms with Gasteiger partial charge in [-0.05, 0) is 44.6 Å². The molecule has 2 rings (SSSR count). The molecule has 0 aromatic heterocycles. The standard InChI is InChI=1S/C15H22BNO4/c1-15(2,3)21-14(18)17-10-4-5-13(17)11-6-8-12(9-7-11)16(19)20/h6-9,13,19-20H,4-5,10H2,1-3H3/t13-/m1/s1. The molecule has 5 nitrogen and oxygen atoms in total. The summed E-state index contributed by atoms with van der Waals surface area (Å²) < 4.78 is 5.44. The van der Waals surface area contributed by atoms with Gasteiger partial charge in [-0.25, -0.2) is 4.79 Å². The number of carbonyl (C=O) groups excluding carboxylic acids is 1. The van der Waals surface area contributed by atoms with E-state index in [0.717, 1.165) is 18.4 Å². The van der Waals surface area contributed by atoms with Crippen molar-refractivity contribution in [2.45, 2.75) is 45.3 Å². The van der Waals surface area contributed by atoms with Gasteiger partial charge < -0.3 is 19.7 Å². The van der Waals surface area contributed by atoms with Crippen molar-refractivity contribution in [3.63, 3.8) is 0 Å². The summed E-state index contributed by atoms with van der Waals surface area (Å²) in [5.41, 5.74) is 0.929. The van der Waals surface area contributed by atoms with Crippen molar-refractivity contribution in [1.29, 1.82) is 0 Å². The maximum absolute atomic E-state index is 12.2. The quantitative estimate of drug-likeness (QED) is 0.809. The third-order valence-corrected chi connectivity index (χ3v) is 3.50. The lowest BCUT2D eigenvalue weighted by atomic mass is 9.80. The highest BCUT2D eigenvalue weighted by atomic mass is 16.6. The Morgan fingerprint density at radius 2 is 1.90 bits per heavy atom. The van der Waals surface area contributed by atoms with E-state index in [-0.39, 0.29) is 12.1 Å². The van der Waals surface area contributed by atoms with Crippen molar-refractivity contribution in [3.8, 4) is 0 Å². The summed E-state index contributed by atoms with van der Waals surface area (Å²) in [6.45, 7) is 6.25. The topological polar surface area (TPSA) is 70.0 Å². The van der Waals surface area contributed by atoms with Crippen LogP contribution < -0.4 is 5.46 Å². The van der Waals surface area contributed by atoms with Gasteiger partial charge in [0.15, 0.2) is 0 Å². The molecule has 1 aliphatic rings. The first kappa shape index (κ1) is 15.9. The summed E-state index contributed by atoms with van der Waals surface area (Å²) in [6.07, 6.45) is 1.53. The van der Waals surface area contributed by atoms with Gasteiger partial charge in [0.25, 0.3) is 0 Å². The lowest BCUT2D eigenvalue weighted by molar-refractivity contribution is 0.0224. The lowest BCUT2D eigenvalue weighted by Gasteiger charge is -2.29. The molecule has 0 radical (unpaired) electrons. The van der Waals surface area contributed by atoms with Gasteiger partial charge in [0.2, 0.25) is 0 Å². The smallest absolute Gasteiger partial charge is 0.444 e. The molecule has 2 N–H and O–H groups in total. The van der Waals surface area contributed by atoms with Crippen molar-refractivity contribution in [3.05, 3.63) is 29.8 Å². The zero-order valence-corrected chi connectivity index (χ0v) is 12.7. The second-order valence-electron chi connectivity index (χ2n) is 6.37. The van der Waals surface area contributed by atoms with Gasteiger partial charge in [-0.1, -0.05) is 24.3 Å². The molecule has 0 saturated carbocycles. The molecule has 0 aliphatic carbocycles. The molecular formula is C15H22BNO4. The Kier molecular flexibility index (Phi) is 4.59. The molecule has 0 bridgehead atoms. The monoisotopic (exact) mass is 291 g/mol. The van der Waals surface area contributed by atoms with Crippen LogP contribution in [0.3, 0.4) is 0 Å². The maximum atomic E-state index is 12.2. The van der Waals surface area contributed by atoms with Crippen molar-refractivity contribution in [2.75, 3.05) is 6.54 Å². The van der Waals surface area contributed by atoms with Crippen LogP contribution in [-0.4, -0.2) is 40.3 Å². The largest absolute Gasteiger partial charge is 0.488 e. The molecule has 0 spiro atoms. The Labute approximate surface area is 125 Å². The van der Waals surface area contributed by atoms with Gasteiger partial charge in [0.1, 0.15) is 5.60 Å². The Morgan fingerprint density at radius 3 is 2.43 bits per heavy atom. The molecular weight excluding hydrogens is 269 g/mol. The van der Waals surface area contributed by atoms with E-state index >= 15 is 0 Å².